The molecule has 2 aromatic carbocycles. The molecule has 0 atom stereocenters. The third kappa shape index (κ3) is 4.85. The third-order valence-electron chi connectivity index (χ3n) is 6.02. The number of para-hydroxylation sites is 1. The van der Waals surface area contributed by atoms with Crippen molar-refractivity contribution in [2.24, 2.45) is 5.73 Å². The Morgan fingerprint density at radius 2 is 1.91 bits per heavy atom. The van der Waals surface area contributed by atoms with Gasteiger partial charge >= 0.3 is 0 Å². The Morgan fingerprint density at radius 3 is 2.61 bits per heavy atom. The van der Waals surface area contributed by atoms with Gasteiger partial charge in [-0.05, 0) is 31.4 Å². The Bertz CT molecular complexity index is 1220. The van der Waals surface area contributed by atoms with Crippen LogP contribution in [0.3, 0.4) is 0 Å². The van der Waals surface area contributed by atoms with Crippen molar-refractivity contribution in [1.82, 2.24) is 14.8 Å². The number of rotatable bonds is 8. The predicted molar refractivity (Wildman–Crippen MR) is 123 cm³/mol. The summed E-state index contributed by atoms with van der Waals surface area (Å²) in [6, 6.07) is 11.8. The molecule has 4 rings (SSSR count). The molecule has 0 spiro atoms. The molecule has 1 fully saturated rings. The van der Waals surface area contributed by atoms with E-state index in [-0.39, 0.29) is 48.1 Å². The lowest BCUT2D eigenvalue weighted by Crippen LogP contribution is -2.50. The molecule has 0 bridgehead atoms. The van der Waals surface area contributed by atoms with Crippen LogP contribution in [0.5, 0.6) is 0 Å². The molecule has 9 heteroatoms. The van der Waals surface area contributed by atoms with Crippen molar-refractivity contribution in [3.63, 3.8) is 0 Å². The minimum atomic E-state index is -0.573. The smallest absolute Gasteiger partial charge is 0.250 e. The Labute approximate surface area is 195 Å². The maximum Gasteiger partial charge on any atom is 0.250 e. The molecule has 3 aromatic rings. The van der Waals surface area contributed by atoms with Gasteiger partial charge in [-0.25, -0.2) is 4.39 Å². The molecule has 7 nitrogen and oxygen atoms in total. The number of carbonyl (C=O) groups is 3. The molecular formula is C24H24ClFN4O3. The largest absolute Gasteiger partial charge is 0.366 e. The minimum Gasteiger partial charge on any atom is -0.366 e. The molecule has 3 amide bonds. The molecule has 1 aliphatic carbocycles. The van der Waals surface area contributed by atoms with E-state index in [1.54, 1.807) is 39.9 Å². The molecule has 0 saturated heterocycles. The molecule has 1 saturated carbocycles. The summed E-state index contributed by atoms with van der Waals surface area (Å²) in [7, 11) is 0. The minimum absolute atomic E-state index is 0.0118. The first kappa shape index (κ1) is 22.8. The second-order valence-electron chi connectivity index (χ2n) is 8.15. The fourth-order valence-corrected chi connectivity index (χ4v) is 4.21. The van der Waals surface area contributed by atoms with Crippen molar-refractivity contribution >= 4 is 40.2 Å². The van der Waals surface area contributed by atoms with E-state index < -0.39 is 11.7 Å². The summed E-state index contributed by atoms with van der Waals surface area (Å²) in [5, 5.41) is 3.33. The first-order chi connectivity index (χ1) is 15.8. The lowest BCUT2D eigenvalue weighted by Gasteiger charge is -2.37. The summed E-state index contributed by atoms with van der Waals surface area (Å²) < 4.78 is 15.8. The van der Waals surface area contributed by atoms with Gasteiger partial charge in [0, 0.05) is 35.2 Å². The van der Waals surface area contributed by atoms with Crippen LogP contribution in [-0.4, -0.2) is 39.8 Å². The first-order valence-electron chi connectivity index (χ1n) is 10.7. The number of hydrogen-bond acceptors (Lipinski definition) is 3. The summed E-state index contributed by atoms with van der Waals surface area (Å²) in [4.78, 5) is 39.2. The number of halogens is 2. The van der Waals surface area contributed by atoms with Crippen LogP contribution < -0.4 is 11.1 Å². The average molecular weight is 471 g/mol. The van der Waals surface area contributed by atoms with E-state index in [0.29, 0.717) is 16.5 Å². The summed E-state index contributed by atoms with van der Waals surface area (Å²) >= 11 is 5.79. The molecule has 172 valence electrons. The Hall–Kier alpha value is -3.39. The van der Waals surface area contributed by atoms with Gasteiger partial charge in [-0.15, -0.1) is 0 Å². The molecule has 1 aliphatic rings. The van der Waals surface area contributed by atoms with Gasteiger partial charge in [-0.1, -0.05) is 41.9 Å². The molecule has 33 heavy (non-hydrogen) atoms. The molecule has 0 unspecified atom stereocenters. The van der Waals surface area contributed by atoms with Gasteiger partial charge in [0.05, 0.1) is 17.1 Å². The predicted octanol–water partition coefficient (Wildman–Crippen LogP) is 3.23. The number of nitrogens with one attached hydrogen (secondary N) is 1. The van der Waals surface area contributed by atoms with Crippen molar-refractivity contribution in [2.45, 2.75) is 38.4 Å². The quantitative estimate of drug-likeness (QED) is 0.529. The number of carbonyl (C=O) groups excluding carboxylic acids is 3. The average Bonchev–Trinajstić information content (AvgIpc) is 3.12. The zero-order valence-electron chi connectivity index (χ0n) is 17.9. The first-order valence-corrected chi connectivity index (χ1v) is 11.1. The van der Waals surface area contributed by atoms with Crippen molar-refractivity contribution in [3.05, 3.63) is 70.6 Å². The van der Waals surface area contributed by atoms with Crippen LogP contribution in [0.25, 0.3) is 10.9 Å². The molecule has 0 aliphatic heterocycles. The van der Waals surface area contributed by atoms with Gasteiger partial charge in [0.25, 0.3) is 5.91 Å². The summed E-state index contributed by atoms with van der Waals surface area (Å²) in [6.07, 6.45) is 4.20. The molecule has 3 N–H and O–H groups in total. The van der Waals surface area contributed by atoms with Crippen LogP contribution in [0.2, 0.25) is 5.02 Å². The van der Waals surface area contributed by atoms with Crippen LogP contribution in [0.1, 0.15) is 35.2 Å². The number of nitrogens with zero attached hydrogens (tertiary/aromatic N) is 2. The zero-order chi connectivity index (χ0) is 23.5. The number of primary amides is 1. The maximum absolute atomic E-state index is 14.1. The second-order valence-corrected chi connectivity index (χ2v) is 8.56. The highest BCUT2D eigenvalue weighted by molar-refractivity contribution is 6.30. The van der Waals surface area contributed by atoms with Gasteiger partial charge in [0.1, 0.15) is 12.4 Å². The second kappa shape index (κ2) is 9.62. The normalized spacial score (nSPS) is 13.5. The lowest BCUT2D eigenvalue weighted by molar-refractivity contribution is -0.140. The summed E-state index contributed by atoms with van der Waals surface area (Å²) in [6.45, 7) is -0.184. The lowest BCUT2D eigenvalue weighted by atomic mass is 9.91. The third-order valence-corrected chi connectivity index (χ3v) is 6.31. The van der Waals surface area contributed by atoms with Gasteiger partial charge in [-0.3, -0.25) is 14.4 Å². The van der Waals surface area contributed by atoms with Crippen molar-refractivity contribution in [3.8, 4) is 0 Å². The van der Waals surface area contributed by atoms with Gasteiger partial charge in [-0.2, -0.15) is 0 Å². The van der Waals surface area contributed by atoms with E-state index in [2.05, 4.69) is 5.32 Å². The standard InChI is InChI=1S/C24H24ClFN4O3/c25-19-9-3-5-15(23(19)26)11-28-21(31)13-30(16-6-4-7-16)22(32)14-29-12-18(24(27)33)17-8-1-2-10-20(17)29/h1-3,5,8-10,12,16H,4,6-7,11,13-14H2,(H2,27,33)(H,28,31). The van der Waals surface area contributed by atoms with E-state index in [0.717, 1.165) is 19.3 Å². The van der Waals surface area contributed by atoms with E-state index >= 15 is 0 Å². The van der Waals surface area contributed by atoms with E-state index in [4.69, 9.17) is 17.3 Å². The maximum atomic E-state index is 14.1. The Morgan fingerprint density at radius 1 is 1.15 bits per heavy atom. The number of benzene rings is 2. The van der Waals surface area contributed by atoms with Crippen LogP contribution >= 0.6 is 11.6 Å². The Balaban J connectivity index is 1.47. The molecule has 0 radical (unpaired) electrons. The fourth-order valence-electron chi connectivity index (χ4n) is 4.02. The Kier molecular flexibility index (Phi) is 6.65. The zero-order valence-corrected chi connectivity index (χ0v) is 18.6. The highest BCUT2D eigenvalue weighted by Crippen LogP contribution is 2.26. The molecule has 1 heterocycles. The molecule has 1 aromatic heterocycles. The SMILES string of the molecule is NC(=O)c1cn(CC(=O)N(CC(=O)NCc2cccc(Cl)c2F)C2CCC2)c2ccccc12. The number of nitrogens with two attached hydrogens (primary N) is 1. The van der Waals surface area contributed by atoms with E-state index in [1.165, 1.54) is 6.07 Å². The number of amides is 3. The van der Waals surface area contributed by atoms with E-state index in [1.807, 2.05) is 12.1 Å². The van der Waals surface area contributed by atoms with Gasteiger partial charge in [0.15, 0.2) is 0 Å². The summed E-state index contributed by atoms with van der Waals surface area (Å²) in [5.41, 5.74) is 6.83. The van der Waals surface area contributed by atoms with Crippen LogP contribution in [0.4, 0.5) is 4.39 Å². The number of fused-ring (bicyclic) bond motifs is 1. The van der Waals surface area contributed by atoms with Gasteiger partial charge < -0.3 is 20.5 Å². The molecular weight excluding hydrogens is 447 g/mol. The van der Waals surface area contributed by atoms with Crippen LogP contribution in [-0.2, 0) is 22.7 Å². The highest BCUT2D eigenvalue weighted by atomic mass is 35.5. The van der Waals surface area contributed by atoms with Crippen LogP contribution in [0, 0.1) is 5.82 Å². The fraction of sp³-hybridized carbons (Fsp3) is 0.292. The topological polar surface area (TPSA) is 97.4 Å². The monoisotopic (exact) mass is 470 g/mol. The summed E-state index contributed by atoms with van der Waals surface area (Å²) in [5.74, 6) is -1.76. The van der Waals surface area contributed by atoms with Crippen molar-refractivity contribution in [1.29, 1.82) is 0 Å². The van der Waals surface area contributed by atoms with Gasteiger partial charge in [0.2, 0.25) is 11.8 Å². The number of aromatic nitrogens is 1. The van der Waals surface area contributed by atoms with Crippen LogP contribution in [0.15, 0.2) is 48.7 Å². The van der Waals surface area contributed by atoms with Crippen molar-refractivity contribution in [2.75, 3.05) is 6.54 Å². The van der Waals surface area contributed by atoms with Crippen molar-refractivity contribution < 1.29 is 18.8 Å². The van der Waals surface area contributed by atoms with E-state index in [9.17, 15) is 18.8 Å². The number of hydrogen-bond donors (Lipinski definition) is 2. The highest BCUT2D eigenvalue weighted by Gasteiger charge is 2.30.